The number of nitrogens with one attached hydrogen (secondary N) is 1. The molecule has 0 aliphatic heterocycles. The van der Waals surface area contributed by atoms with Crippen LogP contribution in [0.4, 0.5) is 5.69 Å². The second-order valence-corrected chi connectivity index (χ2v) is 9.37. The van der Waals surface area contributed by atoms with Crippen molar-refractivity contribution in [2.75, 3.05) is 7.11 Å². The fourth-order valence-electron chi connectivity index (χ4n) is 3.12. The number of nitrogens with zero attached hydrogens (tertiary/aromatic N) is 1. The van der Waals surface area contributed by atoms with Gasteiger partial charge in [-0.25, -0.2) is 8.42 Å². The van der Waals surface area contributed by atoms with Crippen LogP contribution in [0.2, 0.25) is 0 Å². The highest BCUT2D eigenvalue weighted by Crippen LogP contribution is 2.37. The minimum atomic E-state index is -4.04. The average molecular weight is 398 g/mol. The van der Waals surface area contributed by atoms with Gasteiger partial charge >= 0.3 is 5.97 Å². The molecule has 1 saturated carbocycles. The molecular weight excluding hydrogens is 372 g/mol. The van der Waals surface area contributed by atoms with Crippen LogP contribution in [0.5, 0.6) is 0 Å². The zero-order chi connectivity index (χ0) is 20.2. The van der Waals surface area contributed by atoms with Gasteiger partial charge in [-0.05, 0) is 36.3 Å². The highest BCUT2D eigenvalue weighted by molar-refractivity contribution is 7.89. The van der Waals surface area contributed by atoms with Gasteiger partial charge in [0, 0.05) is 12.1 Å². The Kier molecular flexibility index (Phi) is 6.59. The van der Waals surface area contributed by atoms with Crippen molar-refractivity contribution in [3.8, 4) is 0 Å². The average Bonchev–Trinajstić information content (AvgIpc) is 2.57. The Labute approximate surface area is 159 Å². The summed E-state index contributed by atoms with van der Waals surface area (Å²) in [6.45, 7) is 3.68. The first-order valence-corrected chi connectivity index (χ1v) is 10.4. The number of carbonyl (C=O) groups excluding carboxylic acids is 1. The summed E-state index contributed by atoms with van der Waals surface area (Å²) in [4.78, 5) is 22.3. The normalized spacial score (nSPS) is 16.4. The van der Waals surface area contributed by atoms with Gasteiger partial charge in [0.1, 0.15) is 6.04 Å². The lowest BCUT2D eigenvalue weighted by atomic mass is 9.74. The molecule has 0 unspecified atom stereocenters. The number of non-ortho nitro benzene ring substituents is 1. The van der Waals surface area contributed by atoms with Crippen LogP contribution in [0.25, 0.3) is 0 Å². The van der Waals surface area contributed by atoms with E-state index in [2.05, 4.69) is 4.72 Å². The van der Waals surface area contributed by atoms with Gasteiger partial charge in [0.05, 0.1) is 16.9 Å². The fourth-order valence-corrected chi connectivity index (χ4v) is 4.47. The lowest BCUT2D eigenvalue weighted by molar-refractivity contribution is -0.384. The van der Waals surface area contributed by atoms with Crippen LogP contribution in [0.1, 0.15) is 46.0 Å². The molecule has 0 aromatic heterocycles. The molecule has 0 heterocycles. The van der Waals surface area contributed by atoms with Gasteiger partial charge in [0.2, 0.25) is 10.0 Å². The van der Waals surface area contributed by atoms with E-state index in [1.165, 1.54) is 26.4 Å². The van der Waals surface area contributed by atoms with Gasteiger partial charge < -0.3 is 4.74 Å². The Balaban J connectivity index is 2.19. The third-order valence-corrected chi connectivity index (χ3v) is 6.71. The number of methoxy groups -OCH3 is 1. The SMILES string of the molecule is COC(=O)[C@@H](NS(=O)(=O)c1ccc([N+](=O)[O-])cc1)C(C)(C)CCC1CCC1. The first kappa shape index (κ1) is 21.3. The van der Waals surface area contributed by atoms with Crippen molar-refractivity contribution in [2.45, 2.75) is 56.9 Å². The number of rotatable bonds is 9. The van der Waals surface area contributed by atoms with E-state index in [0.29, 0.717) is 12.3 Å². The van der Waals surface area contributed by atoms with E-state index in [4.69, 9.17) is 4.74 Å². The summed E-state index contributed by atoms with van der Waals surface area (Å²) < 4.78 is 32.7. The number of carbonyl (C=O) groups is 1. The lowest BCUT2D eigenvalue weighted by Crippen LogP contribution is -2.50. The van der Waals surface area contributed by atoms with Crippen molar-refractivity contribution in [1.82, 2.24) is 4.72 Å². The molecule has 0 saturated heterocycles. The Morgan fingerprint density at radius 1 is 1.33 bits per heavy atom. The van der Waals surface area contributed by atoms with Crippen LogP contribution in [0.3, 0.4) is 0 Å². The van der Waals surface area contributed by atoms with Crippen LogP contribution >= 0.6 is 0 Å². The smallest absolute Gasteiger partial charge is 0.324 e. The van der Waals surface area contributed by atoms with Crippen LogP contribution in [-0.4, -0.2) is 32.5 Å². The minimum Gasteiger partial charge on any atom is -0.468 e. The molecule has 2 rings (SSSR count). The van der Waals surface area contributed by atoms with E-state index in [1.807, 2.05) is 13.8 Å². The monoisotopic (exact) mass is 398 g/mol. The van der Waals surface area contributed by atoms with Crippen molar-refractivity contribution in [1.29, 1.82) is 0 Å². The minimum absolute atomic E-state index is 0.142. The van der Waals surface area contributed by atoms with E-state index in [1.54, 1.807) is 0 Å². The first-order valence-electron chi connectivity index (χ1n) is 8.91. The highest BCUT2D eigenvalue weighted by Gasteiger charge is 2.39. The summed E-state index contributed by atoms with van der Waals surface area (Å²) in [6.07, 6.45) is 5.18. The molecule has 9 heteroatoms. The topological polar surface area (TPSA) is 116 Å². The van der Waals surface area contributed by atoms with Gasteiger partial charge in [0.25, 0.3) is 5.69 Å². The summed E-state index contributed by atoms with van der Waals surface area (Å²) in [5.41, 5.74) is -0.851. The quantitative estimate of drug-likeness (QED) is 0.388. The van der Waals surface area contributed by atoms with Gasteiger partial charge in [-0.1, -0.05) is 33.1 Å². The Bertz CT molecular complexity index is 785. The Hall–Kier alpha value is -2.00. The summed E-state index contributed by atoms with van der Waals surface area (Å²) in [6, 6.07) is 3.47. The van der Waals surface area contributed by atoms with Crippen LogP contribution < -0.4 is 4.72 Å². The number of hydrogen-bond donors (Lipinski definition) is 1. The molecule has 150 valence electrons. The predicted octanol–water partition coefficient (Wildman–Crippen LogP) is 3.02. The van der Waals surface area contributed by atoms with Crippen molar-refractivity contribution in [3.05, 3.63) is 34.4 Å². The molecule has 1 aliphatic carbocycles. The number of nitro groups is 1. The van der Waals surface area contributed by atoms with Crippen LogP contribution in [-0.2, 0) is 19.6 Å². The summed E-state index contributed by atoms with van der Waals surface area (Å²) in [5.74, 6) is -0.0204. The standard InChI is InChI=1S/C18H26N2O6S/c1-18(2,12-11-13-5-4-6-13)16(17(21)26-3)19-27(24,25)15-9-7-14(8-10-15)20(22)23/h7-10,13,16,19H,4-6,11-12H2,1-3H3/t16-/m1/s1. The zero-order valence-electron chi connectivity index (χ0n) is 15.8. The summed E-state index contributed by atoms with van der Waals surface area (Å²) >= 11 is 0. The molecule has 0 bridgehead atoms. The number of hydrogen-bond acceptors (Lipinski definition) is 6. The molecule has 1 N–H and O–H groups in total. The zero-order valence-corrected chi connectivity index (χ0v) is 16.6. The lowest BCUT2D eigenvalue weighted by Gasteiger charge is -2.35. The first-order chi connectivity index (χ1) is 12.6. The van der Waals surface area contributed by atoms with Gasteiger partial charge in [-0.2, -0.15) is 4.72 Å². The van der Waals surface area contributed by atoms with E-state index in [0.717, 1.165) is 30.7 Å². The van der Waals surface area contributed by atoms with Gasteiger partial charge in [0.15, 0.2) is 0 Å². The van der Waals surface area contributed by atoms with Crippen LogP contribution in [0, 0.1) is 21.4 Å². The number of benzene rings is 1. The second-order valence-electron chi connectivity index (χ2n) is 7.65. The van der Waals surface area contributed by atoms with Crippen molar-refractivity contribution in [3.63, 3.8) is 0 Å². The maximum absolute atomic E-state index is 12.7. The molecular formula is C18H26N2O6S. The Morgan fingerprint density at radius 3 is 2.37 bits per heavy atom. The second kappa shape index (κ2) is 8.35. The predicted molar refractivity (Wildman–Crippen MR) is 99.6 cm³/mol. The molecule has 1 atom stereocenters. The van der Waals surface area contributed by atoms with E-state index >= 15 is 0 Å². The van der Waals surface area contributed by atoms with Crippen molar-refractivity contribution < 1.29 is 22.9 Å². The van der Waals surface area contributed by atoms with Gasteiger partial charge in [-0.3, -0.25) is 14.9 Å². The highest BCUT2D eigenvalue weighted by atomic mass is 32.2. The fraction of sp³-hybridized carbons (Fsp3) is 0.611. The number of sulfonamides is 1. The molecule has 8 nitrogen and oxygen atoms in total. The van der Waals surface area contributed by atoms with Crippen LogP contribution in [0.15, 0.2) is 29.2 Å². The summed E-state index contributed by atoms with van der Waals surface area (Å²) in [7, 11) is -2.82. The van der Waals surface area contributed by atoms with E-state index in [9.17, 15) is 23.3 Å². The number of ether oxygens (including phenoxy) is 1. The largest absolute Gasteiger partial charge is 0.468 e. The molecule has 0 spiro atoms. The molecule has 0 amide bonds. The third-order valence-electron chi connectivity index (χ3n) is 5.27. The summed E-state index contributed by atoms with van der Waals surface area (Å²) in [5, 5.41) is 10.7. The van der Waals surface area contributed by atoms with Gasteiger partial charge in [-0.15, -0.1) is 0 Å². The van der Waals surface area contributed by atoms with E-state index < -0.39 is 32.4 Å². The van der Waals surface area contributed by atoms with Crippen molar-refractivity contribution in [2.24, 2.45) is 11.3 Å². The number of nitro benzene ring substituents is 1. The molecule has 1 aliphatic rings. The maximum atomic E-state index is 12.7. The maximum Gasteiger partial charge on any atom is 0.324 e. The third kappa shape index (κ3) is 5.26. The van der Waals surface area contributed by atoms with E-state index in [-0.39, 0.29) is 10.6 Å². The molecule has 1 fully saturated rings. The number of esters is 1. The molecule has 27 heavy (non-hydrogen) atoms. The molecule has 0 radical (unpaired) electrons. The molecule has 1 aromatic carbocycles. The molecule has 1 aromatic rings. The van der Waals surface area contributed by atoms with Crippen molar-refractivity contribution >= 4 is 21.7 Å². The Morgan fingerprint density at radius 2 is 1.93 bits per heavy atom.